The van der Waals surface area contributed by atoms with Gasteiger partial charge in [0.1, 0.15) is 0 Å². The van der Waals surface area contributed by atoms with Gasteiger partial charge in [-0.3, -0.25) is 0 Å². The molecule has 0 aliphatic rings. The highest BCUT2D eigenvalue weighted by molar-refractivity contribution is 4.45. The topological polar surface area (TPSA) is 24.5 Å². The molecule has 1 N–H and O–H groups in total. The summed E-state index contributed by atoms with van der Waals surface area (Å²) in [5.74, 6) is 0. The molecule has 0 aromatic rings. The highest BCUT2D eigenvalue weighted by atomic mass is 16.7. The summed E-state index contributed by atoms with van der Waals surface area (Å²) in [6.07, 6.45) is 1.14. The zero-order chi connectivity index (χ0) is 7.82. The summed E-state index contributed by atoms with van der Waals surface area (Å²) in [5, 5.41) is 5.03. The molecule has 0 saturated heterocycles. The Morgan fingerprint density at radius 1 is 1.50 bits per heavy atom. The van der Waals surface area contributed by atoms with E-state index < -0.39 is 0 Å². The summed E-state index contributed by atoms with van der Waals surface area (Å²) in [7, 11) is 3.67. The summed E-state index contributed by atoms with van der Waals surface area (Å²) in [6, 6.07) is 0. The maximum absolute atomic E-state index is 5.05. The summed E-state index contributed by atoms with van der Waals surface area (Å²) >= 11 is 0. The molecule has 0 heterocycles. The van der Waals surface area contributed by atoms with Crippen LogP contribution in [0.2, 0.25) is 0 Å². The van der Waals surface area contributed by atoms with E-state index >= 15 is 0 Å². The SMILES string of the molecule is CCN(CCCNC)OC. The molecule has 0 atom stereocenters. The summed E-state index contributed by atoms with van der Waals surface area (Å²) in [5.41, 5.74) is 0. The highest BCUT2D eigenvalue weighted by Crippen LogP contribution is 1.88. The average Bonchev–Trinajstić information content (AvgIpc) is 1.99. The van der Waals surface area contributed by atoms with Gasteiger partial charge in [-0.1, -0.05) is 6.92 Å². The van der Waals surface area contributed by atoms with E-state index in [1.807, 2.05) is 12.1 Å². The molecule has 3 heteroatoms. The lowest BCUT2D eigenvalue weighted by molar-refractivity contribution is -0.127. The molecule has 10 heavy (non-hydrogen) atoms. The maximum Gasteiger partial charge on any atom is 0.0575 e. The Balaban J connectivity index is 3.09. The van der Waals surface area contributed by atoms with E-state index in [4.69, 9.17) is 4.84 Å². The van der Waals surface area contributed by atoms with Crippen LogP contribution in [-0.4, -0.2) is 38.9 Å². The van der Waals surface area contributed by atoms with Crippen molar-refractivity contribution in [3.8, 4) is 0 Å². The Bertz CT molecular complexity index is 64.6. The van der Waals surface area contributed by atoms with Crippen LogP contribution in [0.4, 0.5) is 0 Å². The Morgan fingerprint density at radius 2 is 2.20 bits per heavy atom. The predicted octanol–water partition coefficient (Wildman–Crippen LogP) is 0.479. The fourth-order valence-electron chi connectivity index (χ4n) is 0.811. The van der Waals surface area contributed by atoms with Crippen LogP contribution in [0.1, 0.15) is 13.3 Å². The Morgan fingerprint density at radius 3 is 2.60 bits per heavy atom. The molecular weight excluding hydrogens is 128 g/mol. The summed E-state index contributed by atoms with van der Waals surface area (Å²) < 4.78 is 0. The predicted molar refractivity (Wildman–Crippen MR) is 42.8 cm³/mol. The summed E-state index contributed by atoms with van der Waals surface area (Å²) in [4.78, 5) is 5.05. The lowest BCUT2D eigenvalue weighted by atomic mass is 10.4. The highest BCUT2D eigenvalue weighted by Gasteiger charge is 1.96. The van der Waals surface area contributed by atoms with Gasteiger partial charge in [-0.2, -0.15) is 5.06 Å². The van der Waals surface area contributed by atoms with E-state index in [0.29, 0.717) is 0 Å². The fourth-order valence-corrected chi connectivity index (χ4v) is 0.811. The van der Waals surface area contributed by atoms with Crippen LogP contribution < -0.4 is 5.32 Å². The quantitative estimate of drug-likeness (QED) is 0.436. The van der Waals surface area contributed by atoms with Gasteiger partial charge in [0.15, 0.2) is 0 Å². The molecule has 0 amide bonds. The molecule has 0 aromatic heterocycles. The standard InChI is InChI=1S/C7H18N2O/c1-4-9(10-3)7-5-6-8-2/h8H,4-7H2,1-3H3. The number of nitrogens with one attached hydrogen (secondary N) is 1. The normalized spacial score (nSPS) is 10.8. The first-order valence-corrected chi connectivity index (χ1v) is 3.78. The van der Waals surface area contributed by atoms with Crippen molar-refractivity contribution in [2.45, 2.75) is 13.3 Å². The van der Waals surface area contributed by atoms with Gasteiger partial charge in [0.25, 0.3) is 0 Å². The van der Waals surface area contributed by atoms with Crippen molar-refractivity contribution in [3.63, 3.8) is 0 Å². The second-order valence-corrected chi connectivity index (χ2v) is 2.16. The van der Waals surface area contributed by atoms with E-state index in [0.717, 1.165) is 26.1 Å². The molecule has 62 valence electrons. The van der Waals surface area contributed by atoms with E-state index in [1.165, 1.54) is 0 Å². The van der Waals surface area contributed by atoms with Crippen LogP contribution in [-0.2, 0) is 4.84 Å². The van der Waals surface area contributed by atoms with Crippen molar-refractivity contribution in [1.29, 1.82) is 0 Å². The second-order valence-electron chi connectivity index (χ2n) is 2.16. The number of rotatable bonds is 6. The largest absolute Gasteiger partial charge is 0.320 e. The molecule has 0 radical (unpaired) electrons. The molecule has 0 aliphatic carbocycles. The Kier molecular flexibility index (Phi) is 6.91. The van der Waals surface area contributed by atoms with Crippen LogP contribution in [0, 0.1) is 0 Å². The van der Waals surface area contributed by atoms with Crippen molar-refractivity contribution in [1.82, 2.24) is 10.4 Å². The first-order chi connectivity index (χ1) is 4.85. The van der Waals surface area contributed by atoms with E-state index in [2.05, 4.69) is 12.2 Å². The van der Waals surface area contributed by atoms with Gasteiger partial charge in [0.05, 0.1) is 7.11 Å². The molecular formula is C7H18N2O. The minimum absolute atomic E-state index is 0.959. The molecule has 3 nitrogen and oxygen atoms in total. The molecule has 0 fully saturated rings. The molecule has 0 bridgehead atoms. The van der Waals surface area contributed by atoms with Crippen LogP contribution in [0.25, 0.3) is 0 Å². The number of hydroxylamine groups is 2. The van der Waals surface area contributed by atoms with Crippen LogP contribution in [0.15, 0.2) is 0 Å². The van der Waals surface area contributed by atoms with Crippen molar-refractivity contribution in [3.05, 3.63) is 0 Å². The average molecular weight is 146 g/mol. The van der Waals surface area contributed by atoms with Crippen molar-refractivity contribution >= 4 is 0 Å². The van der Waals surface area contributed by atoms with Gasteiger partial charge >= 0.3 is 0 Å². The molecule has 0 aromatic carbocycles. The third kappa shape index (κ3) is 4.73. The Labute approximate surface area is 63.3 Å². The van der Waals surface area contributed by atoms with E-state index in [-0.39, 0.29) is 0 Å². The van der Waals surface area contributed by atoms with Gasteiger partial charge in [-0.05, 0) is 20.0 Å². The molecule has 0 aliphatic heterocycles. The molecule has 0 spiro atoms. The van der Waals surface area contributed by atoms with Crippen molar-refractivity contribution in [2.24, 2.45) is 0 Å². The minimum Gasteiger partial charge on any atom is -0.320 e. The molecule has 0 rings (SSSR count). The first-order valence-electron chi connectivity index (χ1n) is 3.78. The van der Waals surface area contributed by atoms with E-state index in [9.17, 15) is 0 Å². The number of nitrogens with zero attached hydrogens (tertiary/aromatic N) is 1. The zero-order valence-corrected chi connectivity index (χ0v) is 7.18. The van der Waals surface area contributed by atoms with Crippen molar-refractivity contribution in [2.75, 3.05) is 33.8 Å². The molecule has 0 unspecified atom stereocenters. The van der Waals surface area contributed by atoms with Gasteiger partial charge in [0, 0.05) is 13.1 Å². The lowest BCUT2D eigenvalue weighted by Crippen LogP contribution is -2.25. The van der Waals surface area contributed by atoms with Crippen LogP contribution >= 0.6 is 0 Å². The van der Waals surface area contributed by atoms with Gasteiger partial charge in [-0.25, -0.2) is 0 Å². The second kappa shape index (κ2) is 6.99. The van der Waals surface area contributed by atoms with Gasteiger partial charge in [0.2, 0.25) is 0 Å². The minimum atomic E-state index is 0.959. The van der Waals surface area contributed by atoms with Crippen molar-refractivity contribution < 1.29 is 4.84 Å². The fraction of sp³-hybridized carbons (Fsp3) is 1.00. The van der Waals surface area contributed by atoms with Crippen LogP contribution in [0.5, 0.6) is 0 Å². The number of hydrogen-bond acceptors (Lipinski definition) is 3. The van der Waals surface area contributed by atoms with Gasteiger partial charge < -0.3 is 10.2 Å². The first kappa shape index (κ1) is 9.88. The van der Waals surface area contributed by atoms with Crippen LogP contribution in [0.3, 0.4) is 0 Å². The van der Waals surface area contributed by atoms with E-state index in [1.54, 1.807) is 7.11 Å². The third-order valence-electron chi connectivity index (χ3n) is 1.45. The maximum atomic E-state index is 5.05. The summed E-state index contributed by atoms with van der Waals surface area (Å²) in [6.45, 7) is 5.11. The number of hydrogen-bond donors (Lipinski definition) is 1. The van der Waals surface area contributed by atoms with Gasteiger partial charge in [-0.15, -0.1) is 0 Å². The molecule has 0 saturated carbocycles. The smallest absolute Gasteiger partial charge is 0.0575 e. The monoisotopic (exact) mass is 146 g/mol. The Hall–Kier alpha value is -0.120. The third-order valence-corrected chi connectivity index (χ3v) is 1.45. The zero-order valence-electron chi connectivity index (χ0n) is 7.18. The lowest BCUT2D eigenvalue weighted by Gasteiger charge is -2.16.